The molecular weight excluding hydrogens is 250 g/mol. The second kappa shape index (κ2) is 5.18. The Hall–Kier alpha value is -1.88. The Bertz CT molecular complexity index is 560. The summed E-state index contributed by atoms with van der Waals surface area (Å²) >= 11 is 1.15. The van der Waals surface area contributed by atoms with Gasteiger partial charge in [0.1, 0.15) is 22.2 Å². The molecule has 2 aromatic rings. The van der Waals surface area contributed by atoms with E-state index in [-0.39, 0.29) is 4.88 Å². The predicted molar refractivity (Wildman–Crippen MR) is 69.3 cm³/mol. The molecule has 18 heavy (non-hydrogen) atoms. The van der Waals surface area contributed by atoms with E-state index < -0.39 is 5.97 Å². The van der Waals surface area contributed by atoms with E-state index in [2.05, 4.69) is 4.98 Å². The summed E-state index contributed by atoms with van der Waals surface area (Å²) in [6.07, 6.45) is 0. The number of aromatic nitrogens is 1. The van der Waals surface area contributed by atoms with Crippen molar-refractivity contribution >= 4 is 17.3 Å². The van der Waals surface area contributed by atoms with Gasteiger partial charge in [-0.15, -0.1) is 11.3 Å². The first-order valence-corrected chi connectivity index (χ1v) is 6.27. The Kier molecular flexibility index (Phi) is 3.62. The molecule has 0 aliphatic rings. The van der Waals surface area contributed by atoms with Gasteiger partial charge in [-0.25, -0.2) is 9.78 Å². The van der Waals surface area contributed by atoms with Gasteiger partial charge in [0.25, 0.3) is 0 Å². The lowest BCUT2D eigenvalue weighted by Crippen LogP contribution is -1.94. The zero-order valence-electron chi connectivity index (χ0n) is 10.1. The maximum absolute atomic E-state index is 10.9. The SMILES string of the molecule is Cc1ccc(OCc2nc(C)c(C(=O)O)s2)cc1. The van der Waals surface area contributed by atoms with Gasteiger partial charge in [0.15, 0.2) is 0 Å². The number of rotatable bonds is 4. The molecule has 2 rings (SSSR count). The summed E-state index contributed by atoms with van der Waals surface area (Å²) in [5, 5.41) is 9.60. The van der Waals surface area contributed by atoms with Crippen LogP contribution in [0.4, 0.5) is 0 Å². The summed E-state index contributed by atoms with van der Waals surface area (Å²) in [6.45, 7) is 3.99. The molecule has 1 aromatic heterocycles. The van der Waals surface area contributed by atoms with Crippen molar-refractivity contribution in [3.8, 4) is 5.75 Å². The minimum absolute atomic E-state index is 0.275. The van der Waals surface area contributed by atoms with Gasteiger partial charge in [-0.3, -0.25) is 0 Å². The summed E-state index contributed by atoms with van der Waals surface area (Å²) in [7, 11) is 0. The number of carboxylic acid groups (broad SMARTS) is 1. The molecule has 1 aromatic carbocycles. The smallest absolute Gasteiger partial charge is 0.347 e. The van der Waals surface area contributed by atoms with E-state index in [1.165, 1.54) is 5.56 Å². The minimum Gasteiger partial charge on any atom is -0.486 e. The molecule has 0 saturated heterocycles. The van der Waals surface area contributed by atoms with Crippen LogP contribution in [0.1, 0.15) is 25.9 Å². The van der Waals surface area contributed by atoms with Crippen LogP contribution in [0.25, 0.3) is 0 Å². The number of carboxylic acids is 1. The van der Waals surface area contributed by atoms with E-state index in [0.717, 1.165) is 17.1 Å². The van der Waals surface area contributed by atoms with Crippen molar-refractivity contribution in [3.63, 3.8) is 0 Å². The highest BCUT2D eigenvalue weighted by molar-refractivity contribution is 7.13. The van der Waals surface area contributed by atoms with Crippen molar-refractivity contribution in [2.24, 2.45) is 0 Å². The third kappa shape index (κ3) is 2.87. The highest BCUT2D eigenvalue weighted by atomic mass is 32.1. The molecule has 1 N–H and O–H groups in total. The topological polar surface area (TPSA) is 59.4 Å². The second-order valence-corrected chi connectivity index (χ2v) is 5.01. The largest absolute Gasteiger partial charge is 0.486 e. The summed E-state index contributed by atoms with van der Waals surface area (Å²) < 4.78 is 5.55. The molecule has 0 amide bonds. The number of aryl methyl sites for hydroxylation is 2. The first-order chi connectivity index (χ1) is 8.56. The molecule has 0 aliphatic heterocycles. The highest BCUT2D eigenvalue weighted by Gasteiger charge is 2.13. The number of benzene rings is 1. The zero-order chi connectivity index (χ0) is 13.1. The molecule has 5 heteroatoms. The molecule has 0 bridgehead atoms. The van der Waals surface area contributed by atoms with Crippen molar-refractivity contribution in [1.82, 2.24) is 4.98 Å². The molecule has 4 nitrogen and oxygen atoms in total. The Morgan fingerprint density at radius 3 is 2.56 bits per heavy atom. The van der Waals surface area contributed by atoms with Gasteiger partial charge in [0, 0.05) is 0 Å². The van der Waals surface area contributed by atoms with Crippen LogP contribution >= 0.6 is 11.3 Å². The second-order valence-electron chi connectivity index (χ2n) is 3.93. The van der Waals surface area contributed by atoms with E-state index in [9.17, 15) is 4.79 Å². The summed E-state index contributed by atoms with van der Waals surface area (Å²) in [5.74, 6) is -0.183. The van der Waals surface area contributed by atoms with Gasteiger partial charge in [0.2, 0.25) is 0 Å². The lowest BCUT2D eigenvalue weighted by Gasteiger charge is -2.03. The quantitative estimate of drug-likeness (QED) is 0.921. The molecular formula is C13H13NO3S. The number of aromatic carboxylic acids is 1. The Labute approximate surface area is 109 Å². The number of ether oxygens (including phenoxy) is 1. The standard InChI is InChI=1S/C13H13NO3S/c1-8-3-5-10(6-4-8)17-7-11-14-9(2)12(18-11)13(15)16/h3-6H,7H2,1-2H3,(H,15,16). The Morgan fingerprint density at radius 1 is 1.33 bits per heavy atom. The average Bonchev–Trinajstić information content (AvgIpc) is 2.70. The first-order valence-electron chi connectivity index (χ1n) is 5.45. The van der Waals surface area contributed by atoms with Crippen LogP contribution in [0.15, 0.2) is 24.3 Å². The first kappa shape index (κ1) is 12.6. The maximum Gasteiger partial charge on any atom is 0.347 e. The lowest BCUT2D eigenvalue weighted by atomic mass is 10.2. The van der Waals surface area contributed by atoms with Crippen LogP contribution in [0, 0.1) is 13.8 Å². The van der Waals surface area contributed by atoms with Crippen LogP contribution < -0.4 is 4.74 Å². The molecule has 0 radical (unpaired) electrons. The summed E-state index contributed by atoms with van der Waals surface area (Å²) in [5.41, 5.74) is 1.70. The van der Waals surface area contributed by atoms with Gasteiger partial charge in [-0.1, -0.05) is 17.7 Å². The zero-order valence-corrected chi connectivity index (χ0v) is 11.0. The van der Waals surface area contributed by atoms with Crippen molar-refractivity contribution in [3.05, 3.63) is 45.4 Å². The maximum atomic E-state index is 10.9. The Morgan fingerprint density at radius 2 is 2.00 bits per heavy atom. The van der Waals surface area contributed by atoms with Crippen LogP contribution in [0.5, 0.6) is 5.75 Å². The van der Waals surface area contributed by atoms with Crippen LogP contribution in [0.2, 0.25) is 0 Å². The fourth-order valence-corrected chi connectivity index (χ4v) is 2.31. The van der Waals surface area contributed by atoms with Crippen molar-refractivity contribution in [2.75, 3.05) is 0 Å². The van der Waals surface area contributed by atoms with Gasteiger partial charge in [-0.05, 0) is 26.0 Å². The van der Waals surface area contributed by atoms with E-state index in [0.29, 0.717) is 17.3 Å². The van der Waals surface area contributed by atoms with Gasteiger partial charge in [0.05, 0.1) is 5.69 Å². The lowest BCUT2D eigenvalue weighted by molar-refractivity contribution is 0.0701. The van der Waals surface area contributed by atoms with E-state index >= 15 is 0 Å². The van der Waals surface area contributed by atoms with Crippen molar-refractivity contribution in [1.29, 1.82) is 0 Å². The Balaban J connectivity index is 2.04. The molecule has 0 saturated carbocycles. The normalized spacial score (nSPS) is 10.3. The monoisotopic (exact) mass is 263 g/mol. The molecule has 0 unspecified atom stereocenters. The molecule has 0 spiro atoms. The van der Waals surface area contributed by atoms with Crippen molar-refractivity contribution < 1.29 is 14.6 Å². The fourth-order valence-electron chi connectivity index (χ4n) is 1.49. The molecule has 0 fully saturated rings. The fraction of sp³-hybridized carbons (Fsp3) is 0.231. The number of nitrogens with zero attached hydrogens (tertiary/aromatic N) is 1. The van der Waals surface area contributed by atoms with E-state index in [4.69, 9.17) is 9.84 Å². The van der Waals surface area contributed by atoms with E-state index in [1.807, 2.05) is 31.2 Å². The number of carbonyl (C=O) groups is 1. The predicted octanol–water partition coefficient (Wildman–Crippen LogP) is 3.04. The van der Waals surface area contributed by atoms with Crippen LogP contribution in [0.3, 0.4) is 0 Å². The molecule has 0 atom stereocenters. The third-order valence-electron chi connectivity index (χ3n) is 2.42. The third-order valence-corrected chi connectivity index (χ3v) is 3.54. The van der Waals surface area contributed by atoms with Gasteiger partial charge in [-0.2, -0.15) is 0 Å². The summed E-state index contributed by atoms with van der Waals surface area (Å²) in [4.78, 5) is 15.3. The average molecular weight is 263 g/mol. The van der Waals surface area contributed by atoms with Gasteiger partial charge < -0.3 is 9.84 Å². The van der Waals surface area contributed by atoms with Crippen LogP contribution in [-0.2, 0) is 6.61 Å². The van der Waals surface area contributed by atoms with Gasteiger partial charge >= 0.3 is 5.97 Å². The molecule has 0 aliphatic carbocycles. The van der Waals surface area contributed by atoms with Crippen molar-refractivity contribution in [2.45, 2.75) is 20.5 Å². The highest BCUT2D eigenvalue weighted by Crippen LogP contribution is 2.20. The number of hydrogen-bond acceptors (Lipinski definition) is 4. The minimum atomic E-state index is -0.938. The van der Waals surface area contributed by atoms with Crippen LogP contribution in [-0.4, -0.2) is 16.1 Å². The number of thiazole rings is 1. The van der Waals surface area contributed by atoms with E-state index in [1.54, 1.807) is 6.92 Å². The molecule has 94 valence electrons. The molecule has 1 heterocycles. The number of hydrogen-bond donors (Lipinski definition) is 1. The summed E-state index contributed by atoms with van der Waals surface area (Å²) in [6, 6.07) is 7.69.